The minimum absolute atomic E-state index is 0.468. The molecule has 0 atom stereocenters. The fourth-order valence-electron chi connectivity index (χ4n) is 1.52. The van der Waals surface area contributed by atoms with Crippen LogP contribution in [-0.4, -0.2) is 13.1 Å². The van der Waals surface area contributed by atoms with Crippen molar-refractivity contribution in [3.8, 4) is 0 Å². The van der Waals surface area contributed by atoms with E-state index in [1.54, 1.807) is 0 Å². The Kier molecular flexibility index (Phi) is 2.13. The van der Waals surface area contributed by atoms with Gasteiger partial charge in [0.2, 0.25) is 0 Å². The van der Waals surface area contributed by atoms with Gasteiger partial charge in [0.25, 0.3) is 6.47 Å². The molecule has 2 nitrogen and oxygen atoms in total. The molecule has 0 spiro atoms. The summed E-state index contributed by atoms with van der Waals surface area (Å²) in [6, 6.07) is 0. The lowest BCUT2D eigenvalue weighted by Crippen LogP contribution is -1.91. The maximum absolute atomic E-state index is 9.89. The molecular weight excluding hydrogens is 164 g/mol. The molecule has 0 aromatic rings. The summed E-state index contributed by atoms with van der Waals surface area (Å²) in [5.74, 6) is 0. The Morgan fingerprint density at radius 3 is 3.00 bits per heavy atom. The van der Waals surface area contributed by atoms with Crippen molar-refractivity contribution in [2.45, 2.75) is 6.42 Å². The van der Waals surface area contributed by atoms with E-state index in [-0.39, 0.29) is 0 Å². The molecule has 0 saturated heterocycles. The van der Waals surface area contributed by atoms with Crippen LogP contribution in [-0.2, 0) is 9.53 Å². The molecular formula is C11H10O2. The third-order valence-corrected chi connectivity index (χ3v) is 2.14. The second-order valence-corrected chi connectivity index (χ2v) is 3.02. The summed E-state index contributed by atoms with van der Waals surface area (Å²) in [7, 11) is 0. The molecule has 0 heterocycles. The Morgan fingerprint density at radius 1 is 1.31 bits per heavy atom. The topological polar surface area (TPSA) is 26.3 Å². The van der Waals surface area contributed by atoms with Crippen molar-refractivity contribution < 1.29 is 9.53 Å². The highest BCUT2D eigenvalue weighted by Crippen LogP contribution is 2.29. The summed E-state index contributed by atoms with van der Waals surface area (Å²) in [4.78, 5) is 9.89. The summed E-state index contributed by atoms with van der Waals surface area (Å²) in [6.45, 7) is 0.957. The maximum Gasteiger partial charge on any atom is 0.293 e. The molecule has 0 unspecified atom stereocenters. The summed E-state index contributed by atoms with van der Waals surface area (Å²) in [5, 5.41) is 0. The number of carbonyl (C=O) groups is 1. The van der Waals surface area contributed by atoms with E-state index in [0.717, 1.165) is 6.42 Å². The van der Waals surface area contributed by atoms with E-state index in [9.17, 15) is 4.79 Å². The lowest BCUT2D eigenvalue weighted by molar-refractivity contribution is -0.128. The standard InChI is InChI=1S/C11H10O2/c12-8-13-5-4-9-6-10-2-1-3-11(10)7-9/h1-3,6-8H,4-5H2. The van der Waals surface area contributed by atoms with Gasteiger partial charge in [0, 0.05) is 6.42 Å². The Morgan fingerprint density at radius 2 is 2.23 bits per heavy atom. The zero-order valence-electron chi connectivity index (χ0n) is 7.19. The minimum Gasteiger partial charge on any atom is -0.468 e. The van der Waals surface area contributed by atoms with Gasteiger partial charge in [0.1, 0.15) is 0 Å². The van der Waals surface area contributed by atoms with Crippen LogP contribution in [0, 0.1) is 0 Å². The fourth-order valence-corrected chi connectivity index (χ4v) is 1.52. The quantitative estimate of drug-likeness (QED) is 0.480. The van der Waals surface area contributed by atoms with Crippen molar-refractivity contribution >= 4 is 6.47 Å². The molecule has 0 N–H and O–H groups in total. The Hall–Kier alpha value is -1.57. The molecule has 0 saturated carbocycles. The molecule has 0 aromatic carbocycles. The van der Waals surface area contributed by atoms with Crippen LogP contribution in [0.2, 0.25) is 0 Å². The van der Waals surface area contributed by atoms with Crippen molar-refractivity contribution in [2.24, 2.45) is 0 Å². The SMILES string of the molecule is O=COCCC1=CC2=CC=CC2=C1. The second-order valence-electron chi connectivity index (χ2n) is 3.02. The van der Waals surface area contributed by atoms with Crippen LogP contribution in [0.4, 0.5) is 0 Å². The van der Waals surface area contributed by atoms with Crippen LogP contribution in [0.3, 0.4) is 0 Å². The smallest absolute Gasteiger partial charge is 0.293 e. The van der Waals surface area contributed by atoms with Crippen LogP contribution in [0.5, 0.6) is 0 Å². The number of fused-ring (bicyclic) bond motifs is 1. The second kappa shape index (κ2) is 3.44. The monoisotopic (exact) mass is 174 g/mol. The predicted octanol–water partition coefficient (Wildman–Crippen LogP) is 1.91. The fraction of sp³-hybridized carbons (Fsp3) is 0.182. The normalized spacial score (nSPS) is 17.7. The first-order valence-electron chi connectivity index (χ1n) is 4.26. The van der Waals surface area contributed by atoms with E-state index >= 15 is 0 Å². The van der Waals surface area contributed by atoms with E-state index in [2.05, 4.69) is 29.0 Å². The molecule has 13 heavy (non-hydrogen) atoms. The van der Waals surface area contributed by atoms with Gasteiger partial charge in [0.15, 0.2) is 0 Å². The molecule has 2 rings (SSSR count). The lowest BCUT2D eigenvalue weighted by Gasteiger charge is -1.96. The zero-order valence-corrected chi connectivity index (χ0v) is 7.19. The van der Waals surface area contributed by atoms with Gasteiger partial charge in [-0.15, -0.1) is 0 Å². The highest BCUT2D eigenvalue weighted by molar-refractivity contribution is 5.62. The first-order chi connectivity index (χ1) is 6.40. The maximum atomic E-state index is 9.89. The van der Waals surface area contributed by atoms with E-state index in [4.69, 9.17) is 0 Å². The van der Waals surface area contributed by atoms with Crippen molar-refractivity contribution in [3.63, 3.8) is 0 Å². The van der Waals surface area contributed by atoms with Gasteiger partial charge in [0.05, 0.1) is 6.61 Å². The minimum atomic E-state index is 0.468. The number of rotatable bonds is 4. The van der Waals surface area contributed by atoms with Crippen LogP contribution in [0.1, 0.15) is 6.42 Å². The molecule has 0 aliphatic heterocycles. The third kappa shape index (κ3) is 1.61. The summed E-state index contributed by atoms with van der Waals surface area (Å²) in [5.41, 5.74) is 3.76. The number of carbonyl (C=O) groups excluding carboxylic acids is 1. The van der Waals surface area contributed by atoms with Crippen LogP contribution in [0.25, 0.3) is 0 Å². The molecule has 0 fully saturated rings. The van der Waals surface area contributed by atoms with Gasteiger partial charge in [-0.2, -0.15) is 0 Å². The van der Waals surface area contributed by atoms with Gasteiger partial charge >= 0.3 is 0 Å². The lowest BCUT2D eigenvalue weighted by atomic mass is 10.2. The zero-order chi connectivity index (χ0) is 9.10. The van der Waals surface area contributed by atoms with Crippen molar-refractivity contribution in [3.05, 3.63) is 47.1 Å². The van der Waals surface area contributed by atoms with Crippen LogP contribution < -0.4 is 0 Å². The Labute approximate surface area is 76.9 Å². The molecule has 2 heteroatoms. The summed E-state index contributed by atoms with van der Waals surface area (Å²) in [6.07, 6.45) is 11.3. The largest absolute Gasteiger partial charge is 0.468 e. The van der Waals surface area contributed by atoms with Gasteiger partial charge in [-0.25, -0.2) is 0 Å². The number of hydrogen-bond acceptors (Lipinski definition) is 2. The van der Waals surface area contributed by atoms with Crippen molar-refractivity contribution in [1.82, 2.24) is 0 Å². The molecule has 2 aliphatic carbocycles. The molecule has 0 bridgehead atoms. The van der Waals surface area contributed by atoms with Gasteiger partial charge in [-0.1, -0.05) is 30.4 Å². The van der Waals surface area contributed by atoms with E-state index < -0.39 is 0 Å². The Bertz CT molecular complexity index is 343. The van der Waals surface area contributed by atoms with E-state index in [0.29, 0.717) is 13.1 Å². The van der Waals surface area contributed by atoms with Crippen LogP contribution >= 0.6 is 0 Å². The molecule has 0 radical (unpaired) electrons. The number of allylic oxidation sites excluding steroid dienone is 7. The average Bonchev–Trinajstić information content (AvgIpc) is 2.64. The van der Waals surface area contributed by atoms with Gasteiger partial charge in [-0.3, -0.25) is 4.79 Å². The first-order valence-corrected chi connectivity index (χ1v) is 4.26. The molecule has 66 valence electrons. The van der Waals surface area contributed by atoms with Crippen molar-refractivity contribution in [1.29, 1.82) is 0 Å². The highest BCUT2D eigenvalue weighted by Gasteiger charge is 2.11. The highest BCUT2D eigenvalue weighted by atomic mass is 16.5. The van der Waals surface area contributed by atoms with E-state index in [1.165, 1.54) is 16.7 Å². The number of hydrogen-bond donors (Lipinski definition) is 0. The third-order valence-electron chi connectivity index (χ3n) is 2.14. The molecule has 2 aliphatic rings. The van der Waals surface area contributed by atoms with Gasteiger partial charge < -0.3 is 4.74 Å². The van der Waals surface area contributed by atoms with Gasteiger partial charge in [-0.05, 0) is 16.7 Å². The van der Waals surface area contributed by atoms with Crippen LogP contribution in [0.15, 0.2) is 47.1 Å². The Balaban J connectivity index is 1.94. The summed E-state index contributed by atoms with van der Waals surface area (Å²) < 4.78 is 4.63. The van der Waals surface area contributed by atoms with Crippen molar-refractivity contribution in [2.75, 3.05) is 6.61 Å². The summed E-state index contributed by atoms with van der Waals surface area (Å²) >= 11 is 0. The molecule has 0 amide bonds. The molecule has 0 aromatic heterocycles. The first kappa shape index (κ1) is 8.05. The predicted molar refractivity (Wildman–Crippen MR) is 50.0 cm³/mol. The van der Waals surface area contributed by atoms with E-state index in [1.807, 2.05) is 6.08 Å². The average molecular weight is 174 g/mol. The number of ether oxygens (including phenoxy) is 1.